The van der Waals surface area contributed by atoms with Crippen LogP contribution in [0.1, 0.15) is 17.5 Å². The van der Waals surface area contributed by atoms with Crippen molar-refractivity contribution in [2.24, 2.45) is 0 Å². The van der Waals surface area contributed by atoms with E-state index < -0.39 is 0 Å². The lowest BCUT2D eigenvalue weighted by Gasteiger charge is -2.17. The van der Waals surface area contributed by atoms with Gasteiger partial charge in [0.25, 0.3) is 5.56 Å². The molecule has 1 atom stereocenters. The molecule has 0 aliphatic carbocycles. The van der Waals surface area contributed by atoms with E-state index in [2.05, 4.69) is 27.3 Å². The standard InChI is InChI=1S/C22H24N4O2/c1-16-6-5-9-19-21(16)23-15-26(22(19)28)14-20(27)24-18-10-11-25(13-18)12-17-7-3-2-4-8-17/h2-9,15,18H,10-14H2,1H3,(H,24,27)/t18-/m1/s1. The van der Waals surface area contributed by atoms with E-state index in [1.807, 2.05) is 37.3 Å². The maximum Gasteiger partial charge on any atom is 0.261 e. The van der Waals surface area contributed by atoms with E-state index in [1.54, 1.807) is 6.07 Å². The van der Waals surface area contributed by atoms with Crippen molar-refractivity contribution in [1.29, 1.82) is 0 Å². The van der Waals surface area contributed by atoms with E-state index in [-0.39, 0.29) is 24.1 Å². The second-order valence-electron chi connectivity index (χ2n) is 7.42. The number of para-hydroxylation sites is 1. The number of hydrogen-bond acceptors (Lipinski definition) is 4. The normalized spacial score (nSPS) is 17.1. The Kier molecular flexibility index (Phi) is 5.21. The molecule has 1 aliphatic heterocycles. The van der Waals surface area contributed by atoms with Crippen molar-refractivity contribution in [3.63, 3.8) is 0 Å². The molecule has 1 aromatic heterocycles. The molecule has 2 aromatic carbocycles. The Labute approximate surface area is 163 Å². The maximum absolute atomic E-state index is 12.6. The van der Waals surface area contributed by atoms with Crippen molar-refractivity contribution < 1.29 is 4.79 Å². The molecule has 6 nitrogen and oxygen atoms in total. The third kappa shape index (κ3) is 3.97. The number of aryl methyl sites for hydroxylation is 1. The Hall–Kier alpha value is -2.99. The zero-order chi connectivity index (χ0) is 19.5. The van der Waals surface area contributed by atoms with Gasteiger partial charge in [-0.15, -0.1) is 0 Å². The molecule has 2 heterocycles. The van der Waals surface area contributed by atoms with Crippen molar-refractivity contribution in [1.82, 2.24) is 19.8 Å². The number of aromatic nitrogens is 2. The first kappa shape index (κ1) is 18.4. The molecule has 1 fully saturated rings. The molecule has 1 saturated heterocycles. The van der Waals surface area contributed by atoms with E-state index in [0.29, 0.717) is 10.9 Å². The highest BCUT2D eigenvalue weighted by atomic mass is 16.2. The largest absolute Gasteiger partial charge is 0.350 e. The summed E-state index contributed by atoms with van der Waals surface area (Å²) in [5, 5.41) is 3.61. The van der Waals surface area contributed by atoms with Gasteiger partial charge in [-0.05, 0) is 30.5 Å². The number of amides is 1. The Balaban J connectivity index is 1.37. The molecule has 4 rings (SSSR count). The summed E-state index contributed by atoms with van der Waals surface area (Å²) in [7, 11) is 0. The van der Waals surface area contributed by atoms with E-state index in [4.69, 9.17) is 0 Å². The van der Waals surface area contributed by atoms with Crippen LogP contribution in [-0.2, 0) is 17.9 Å². The molecular formula is C22H24N4O2. The first-order chi connectivity index (χ1) is 13.6. The number of carbonyl (C=O) groups excluding carboxylic acids is 1. The maximum atomic E-state index is 12.6. The second kappa shape index (κ2) is 7.94. The summed E-state index contributed by atoms with van der Waals surface area (Å²) in [5.74, 6) is -0.150. The third-order valence-corrected chi connectivity index (χ3v) is 5.26. The van der Waals surface area contributed by atoms with Gasteiger partial charge in [0.1, 0.15) is 6.54 Å². The summed E-state index contributed by atoms with van der Waals surface area (Å²) in [5.41, 5.74) is 2.74. The van der Waals surface area contributed by atoms with Crippen LogP contribution >= 0.6 is 0 Å². The monoisotopic (exact) mass is 376 g/mol. The molecular weight excluding hydrogens is 352 g/mol. The molecule has 6 heteroatoms. The predicted molar refractivity (Wildman–Crippen MR) is 109 cm³/mol. The summed E-state index contributed by atoms with van der Waals surface area (Å²) in [6.45, 7) is 4.58. The minimum atomic E-state index is -0.180. The van der Waals surface area contributed by atoms with Crippen molar-refractivity contribution in [3.8, 4) is 0 Å². The molecule has 0 unspecified atom stereocenters. The van der Waals surface area contributed by atoms with Gasteiger partial charge in [0.2, 0.25) is 5.91 Å². The van der Waals surface area contributed by atoms with E-state index in [0.717, 1.165) is 31.6 Å². The molecule has 1 aliphatic rings. The SMILES string of the molecule is Cc1cccc2c(=O)n(CC(=O)N[C@@H]3CCN(Cc4ccccc4)C3)cnc12. The van der Waals surface area contributed by atoms with Gasteiger partial charge >= 0.3 is 0 Å². The number of benzene rings is 2. The zero-order valence-electron chi connectivity index (χ0n) is 16.0. The highest BCUT2D eigenvalue weighted by molar-refractivity contribution is 5.81. The van der Waals surface area contributed by atoms with Crippen LogP contribution in [0.2, 0.25) is 0 Å². The molecule has 1 N–H and O–H groups in total. The highest BCUT2D eigenvalue weighted by Crippen LogP contribution is 2.14. The fourth-order valence-corrected chi connectivity index (χ4v) is 3.81. The number of likely N-dealkylation sites (tertiary alicyclic amines) is 1. The van der Waals surface area contributed by atoms with E-state index in [9.17, 15) is 9.59 Å². The molecule has 3 aromatic rings. The number of nitrogens with one attached hydrogen (secondary N) is 1. The van der Waals surface area contributed by atoms with Gasteiger partial charge in [-0.1, -0.05) is 42.5 Å². The number of carbonyl (C=O) groups is 1. The van der Waals surface area contributed by atoms with E-state index in [1.165, 1.54) is 16.5 Å². The Morgan fingerprint density at radius 2 is 2.00 bits per heavy atom. The van der Waals surface area contributed by atoms with Gasteiger partial charge < -0.3 is 5.32 Å². The lowest BCUT2D eigenvalue weighted by atomic mass is 10.1. The molecule has 144 valence electrons. The highest BCUT2D eigenvalue weighted by Gasteiger charge is 2.24. The molecule has 0 spiro atoms. The van der Waals surface area contributed by atoms with Crippen molar-refractivity contribution in [3.05, 3.63) is 76.3 Å². The molecule has 0 bridgehead atoms. The van der Waals surface area contributed by atoms with Crippen LogP contribution < -0.4 is 10.9 Å². The van der Waals surface area contributed by atoms with E-state index >= 15 is 0 Å². The fraction of sp³-hybridized carbons (Fsp3) is 0.318. The second-order valence-corrected chi connectivity index (χ2v) is 7.42. The molecule has 1 amide bonds. The number of fused-ring (bicyclic) bond motifs is 1. The average molecular weight is 376 g/mol. The lowest BCUT2D eigenvalue weighted by Crippen LogP contribution is -2.40. The zero-order valence-corrected chi connectivity index (χ0v) is 16.0. The van der Waals surface area contributed by atoms with Crippen LogP contribution in [0, 0.1) is 6.92 Å². The van der Waals surface area contributed by atoms with Crippen LogP contribution in [0.3, 0.4) is 0 Å². The van der Waals surface area contributed by atoms with Gasteiger partial charge in [0.05, 0.1) is 17.2 Å². The third-order valence-electron chi connectivity index (χ3n) is 5.26. The minimum absolute atomic E-state index is 0.00903. The molecule has 0 radical (unpaired) electrons. The lowest BCUT2D eigenvalue weighted by molar-refractivity contribution is -0.122. The van der Waals surface area contributed by atoms with Crippen LogP contribution in [0.25, 0.3) is 10.9 Å². The van der Waals surface area contributed by atoms with Crippen molar-refractivity contribution >= 4 is 16.8 Å². The van der Waals surface area contributed by atoms with Crippen LogP contribution in [0.5, 0.6) is 0 Å². The summed E-state index contributed by atoms with van der Waals surface area (Å²) in [6.07, 6.45) is 2.39. The Bertz CT molecular complexity index is 1050. The predicted octanol–water partition coefficient (Wildman–Crippen LogP) is 2.10. The molecule has 28 heavy (non-hydrogen) atoms. The Morgan fingerprint density at radius 3 is 2.82 bits per heavy atom. The number of rotatable bonds is 5. The van der Waals surface area contributed by atoms with Gasteiger partial charge in [-0.25, -0.2) is 4.98 Å². The summed E-state index contributed by atoms with van der Waals surface area (Å²) in [6, 6.07) is 16.0. The number of hydrogen-bond donors (Lipinski definition) is 1. The summed E-state index contributed by atoms with van der Waals surface area (Å²) >= 11 is 0. The van der Waals surface area contributed by atoms with Crippen LogP contribution in [-0.4, -0.2) is 39.5 Å². The van der Waals surface area contributed by atoms with Gasteiger partial charge in [-0.3, -0.25) is 19.1 Å². The topological polar surface area (TPSA) is 67.2 Å². The first-order valence-corrected chi connectivity index (χ1v) is 9.60. The minimum Gasteiger partial charge on any atom is -0.350 e. The summed E-state index contributed by atoms with van der Waals surface area (Å²) < 4.78 is 1.38. The van der Waals surface area contributed by atoms with Crippen LogP contribution in [0.4, 0.5) is 0 Å². The van der Waals surface area contributed by atoms with Crippen molar-refractivity contribution in [2.45, 2.75) is 32.5 Å². The molecule has 0 saturated carbocycles. The first-order valence-electron chi connectivity index (χ1n) is 9.60. The van der Waals surface area contributed by atoms with Gasteiger partial charge in [0, 0.05) is 25.7 Å². The average Bonchev–Trinajstić information content (AvgIpc) is 3.12. The smallest absolute Gasteiger partial charge is 0.261 e. The summed E-state index contributed by atoms with van der Waals surface area (Å²) in [4.78, 5) is 31.8. The number of nitrogens with zero attached hydrogens (tertiary/aromatic N) is 3. The van der Waals surface area contributed by atoms with Crippen LogP contribution in [0.15, 0.2) is 59.7 Å². The fourth-order valence-electron chi connectivity index (χ4n) is 3.81. The van der Waals surface area contributed by atoms with Crippen molar-refractivity contribution in [2.75, 3.05) is 13.1 Å². The van der Waals surface area contributed by atoms with Gasteiger partial charge in [-0.2, -0.15) is 0 Å². The van der Waals surface area contributed by atoms with Gasteiger partial charge in [0.15, 0.2) is 0 Å². The Morgan fingerprint density at radius 1 is 1.18 bits per heavy atom. The quantitative estimate of drug-likeness (QED) is 0.741.